The number of nitrogens with zero attached hydrogens (tertiary/aromatic N) is 2. The van der Waals surface area contributed by atoms with Crippen molar-refractivity contribution in [3.8, 4) is 0 Å². The number of aromatic nitrogens is 2. The quantitative estimate of drug-likeness (QED) is 0.723. The summed E-state index contributed by atoms with van der Waals surface area (Å²) >= 11 is 5.57. The van der Waals surface area contributed by atoms with Crippen molar-refractivity contribution in [1.82, 2.24) is 9.36 Å². The number of hydrogen-bond acceptors (Lipinski definition) is 8. The number of amides is 2. The molecule has 0 fully saturated rings. The maximum atomic E-state index is 12.2. The zero-order valence-corrected chi connectivity index (χ0v) is 16.2. The summed E-state index contributed by atoms with van der Waals surface area (Å²) in [4.78, 5) is 29.5. The predicted octanol–water partition coefficient (Wildman–Crippen LogP) is 3.03. The summed E-state index contributed by atoms with van der Waals surface area (Å²) in [5.41, 5.74) is 7.05. The molecule has 128 valence electrons. The van der Waals surface area contributed by atoms with Gasteiger partial charge in [0.1, 0.15) is 5.00 Å². The molecular weight excluding hydrogens is 384 g/mol. The van der Waals surface area contributed by atoms with Crippen molar-refractivity contribution in [2.75, 3.05) is 17.3 Å². The molecule has 0 spiro atoms. The number of thioether (sulfide) groups is 2. The number of nitrogens with two attached hydrogens (primary N) is 1. The third-order valence-corrected chi connectivity index (χ3v) is 7.27. The van der Waals surface area contributed by atoms with Crippen LogP contribution in [0, 0.1) is 0 Å². The van der Waals surface area contributed by atoms with Crippen molar-refractivity contribution in [1.29, 1.82) is 0 Å². The molecule has 3 N–H and O–H groups in total. The Kier molecular flexibility index (Phi) is 5.80. The fraction of sp³-hybridized carbons (Fsp3) is 0.429. The minimum absolute atomic E-state index is 0.165. The zero-order valence-electron chi connectivity index (χ0n) is 13.0. The van der Waals surface area contributed by atoms with Crippen LogP contribution in [0.1, 0.15) is 33.6 Å². The van der Waals surface area contributed by atoms with E-state index in [1.807, 2.05) is 6.26 Å². The molecule has 0 saturated carbocycles. The molecule has 0 radical (unpaired) electrons. The van der Waals surface area contributed by atoms with Crippen molar-refractivity contribution in [3.63, 3.8) is 0 Å². The Balaban J connectivity index is 1.67. The second kappa shape index (κ2) is 7.85. The third kappa shape index (κ3) is 3.93. The summed E-state index contributed by atoms with van der Waals surface area (Å²) in [6.45, 7) is 0. The smallest absolute Gasteiger partial charge is 0.251 e. The van der Waals surface area contributed by atoms with Crippen molar-refractivity contribution >= 4 is 63.2 Å². The molecule has 1 aliphatic carbocycles. The molecule has 2 aromatic rings. The average Bonchev–Trinajstić information content (AvgIpc) is 3.16. The second-order valence-electron chi connectivity index (χ2n) is 5.16. The van der Waals surface area contributed by atoms with Gasteiger partial charge in [0, 0.05) is 4.88 Å². The second-order valence-corrected chi connectivity index (χ2v) is 9.02. The van der Waals surface area contributed by atoms with E-state index < -0.39 is 5.91 Å². The van der Waals surface area contributed by atoms with E-state index in [2.05, 4.69) is 14.7 Å². The van der Waals surface area contributed by atoms with Gasteiger partial charge < -0.3 is 11.1 Å². The summed E-state index contributed by atoms with van der Waals surface area (Å²) in [7, 11) is 0. The Morgan fingerprint density at radius 2 is 2.12 bits per heavy atom. The van der Waals surface area contributed by atoms with Gasteiger partial charge in [0.15, 0.2) is 4.34 Å². The molecule has 0 aliphatic heterocycles. The summed E-state index contributed by atoms with van der Waals surface area (Å²) in [6, 6.07) is 0. The molecule has 2 amide bonds. The largest absolute Gasteiger partial charge is 0.365 e. The molecule has 0 bridgehead atoms. The van der Waals surface area contributed by atoms with Crippen molar-refractivity contribution in [3.05, 3.63) is 16.0 Å². The molecular formula is C14H16N4O2S4. The van der Waals surface area contributed by atoms with E-state index in [4.69, 9.17) is 5.73 Å². The Hall–Kier alpha value is -1.10. The normalized spacial score (nSPS) is 13.5. The highest BCUT2D eigenvalue weighted by Crippen LogP contribution is 2.38. The monoisotopic (exact) mass is 400 g/mol. The average molecular weight is 401 g/mol. The van der Waals surface area contributed by atoms with Crippen LogP contribution >= 0.6 is 46.4 Å². The first-order valence-corrected chi connectivity index (χ1v) is 11.1. The van der Waals surface area contributed by atoms with Crippen molar-refractivity contribution in [2.45, 2.75) is 35.2 Å². The first-order valence-electron chi connectivity index (χ1n) is 7.33. The fourth-order valence-electron chi connectivity index (χ4n) is 2.54. The lowest BCUT2D eigenvalue weighted by Gasteiger charge is -2.11. The van der Waals surface area contributed by atoms with Crippen LogP contribution in [-0.4, -0.2) is 33.2 Å². The zero-order chi connectivity index (χ0) is 17.1. The molecule has 10 heteroatoms. The van der Waals surface area contributed by atoms with Crippen LogP contribution in [0.15, 0.2) is 9.50 Å². The SMILES string of the molecule is CSc1nsc(SCC(=O)Nc2sc3c(c2C(N)=O)CCCC3)n1. The first kappa shape index (κ1) is 17.7. The van der Waals surface area contributed by atoms with Gasteiger partial charge >= 0.3 is 0 Å². The fourth-order valence-corrected chi connectivity index (χ4v) is 5.86. The molecule has 6 nitrogen and oxygen atoms in total. The number of anilines is 1. The Morgan fingerprint density at radius 3 is 2.83 bits per heavy atom. The van der Waals surface area contributed by atoms with Gasteiger partial charge in [-0.2, -0.15) is 4.37 Å². The highest BCUT2D eigenvalue weighted by atomic mass is 32.2. The summed E-state index contributed by atoms with van der Waals surface area (Å²) < 4.78 is 4.92. The van der Waals surface area contributed by atoms with Crippen LogP contribution in [0.25, 0.3) is 0 Å². The van der Waals surface area contributed by atoms with Crippen LogP contribution in [0.2, 0.25) is 0 Å². The summed E-state index contributed by atoms with van der Waals surface area (Å²) in [6.07, 6.45) is 5.89. The number of carbonyl (C=O) groups is 2. The number of primary amides is 1. The van der Waals surface area contributed by atoms with Gasteiger partial charge in [0.25, 0.3) is 5.91 Å². The van der Waals surface area contributed by atoms with Gasteiger partial charge in [0.2, 0.25) is 11.1 Å². The molecule has 1 aliphatic rings. The van der Waals surface area contributed by atoms with Gasteiger partial charge in [-0.1, -0.05) is 23.5 Å². The highest BCUT2D eigenvalue weighted by Gasteiger charge is 2.25. The molecule has 0 aromatic carbocycles. The lowest BCUT2D eigenvalue weighted by atomic mass is 9.95. The van der Waals surface area contributed by atoms with E-state index in [0.29, 0.717) is 15.7 Å². The van der Waals surface area contributed by atoms with Crippen LogP contribution in [0.3, 0.4) is 0 Å². The maximum Gasteiger partial charge on any atom is 0.251 e. The molecule has 3 rings (SSSR count). The first-order chi connectivity index (χ1) is 11.6. The molecule has 2 aromatic heterocycles. The minimum Gasteiger partial charge on any atom is -0.365 e. The minimum atomic E-state index is -0.467. The molecule has 0 atom stereocenters. The Morgan fingerprint density at radius 1 is 1.33 bits per heavy atom. The number of hydrogen-bond donors (Lipinski definition) is 2. The third-order valence-electron chi connectivity index (χ3n) is 3.57. The van der Waals surface area contributed by atoms with E-state index in [9.17, 15) is 9.59 Å². The predicted molar refractivity (Wildman–Crippen MR) is 101 cm³/mol. The van der Waals surface area contributed by atoms with Crippen LogP contribution < -0.4 is 11.1 Å². The van der Waals surface area contributed by atoms with Crippen LogP contribution in [-0.2, 0) is 17.6 Å². The molecule has 0 unspecified atom stereocenters. The number of carbonyl (C=O) groups excluding carboxylic acids is 2. The van der Waals surface area contributed by atoms with Gasteiger partial charge in [-0.3, -0.25) is 9.59 Å². The van der Waals surface area contributed by atoms with E-state index in [1.165, 1.54) is 51.3 Å². The lowest BCUT2D eigenvalue weighted by Crippen LogP contribution is -2.19. The number of thiophene rings is 1. The van der Waals surface area contributed by atoms with Crippen molar-refractivity contribution < 1.29 is 9.59 Å². The van der Waals surface area contributed by atoms with Crippen LogP contribution in [0.5, 0.6) is 0 Å². The van der Waals surface area contributed by atoms with Gasteiger partial charge in [-0.05, 0) is 49.0 Å². The van der Waals surface area contributed by atoms with Gasteiger partial charge in [-0.15, -0.1) is 11.3 Å². The number of aryl methyl sites for hydroxylation is 1. The van der Waals surface area contributed by atoms with Crippen LogP contribution in [0.4, 0.5) is 5.00 Å². The summed E-state index contributed by atoms with van der Waals surface area (Å²) in [5.74, 6) is -0.405. The van der Waals surface area contributed by atoms with E-state index in [1.54, 1.807) is 0 Å². The van der Waals surface area contributed by atoms with Gasteiger partial charge in [0.05, 0.1) is 11.3 Å². The molecule has 0 saturated heterocycles. The molecule has 2 heterocycles. The maximum absolute atomic E-state index is 12.2. The molecule has 24 heavy (non-hydrogen) atoms. The Labute approximate surface area is 156 Å². The number of nitrogens with one attached hydrogen (secondary N) is 1. The summed E-state index contributed by atoms with van der Waals surface area (Å²) in [5, 5.41) is 4.15. The van der Waals surface area contributed by atoms with E-state index >= 15 is 0 Å². The van der Waals surface area contributed by atoms with E-state index in [-0.39, 0.29) is 11.7 Å². The topological polar surface area (TPSA) is 98.0 Å². The van der Waals surface area contributed by atoms with E-state index in [0.717, 1.165) is 35.6 Å². The standard InChI is InChI=1S/C14H16N4O2S4/c1-21-13-17-14(24-18-13)22-6-9(19)16-12-10(11(15)20)7-4-2-3-5-8(7)23-12/h2-6H2,1H3,(H2,15,20)(H,16,19). The lowest BCUT2D eigenvalue weighted by molar-refractivity contribution is -0.113. The number of rotatable bonds is 6. The number of fused-ring (bicyclic) bond motifs is 1. The highest BCUT2D eigenvalue weighted by molar-refractivity contribution is 8.01. The van der Waals surface area contributed by atoms with Gasteiger partial charge in [-0.25, -0.2) is 4.98 Å². The Bertz CT molecular complexity index is 771. The van der Waals surface area contributed by atoms with Crippen molar-refractivity contribution in [2.24, 2.45) is 5.73 Å².